The molecule has 9 nitrogen and oxygen atoms in total. The van der Waals surface area contributed by atoms with Crippen LogP contribution in [0.5, 0.6) is 0 Å². The minimum absolute atomic E-state index is 0.157. The summed E-state index contributed by atoms with van der Waals surface area (Å²) in [5.41, 5.74) is 2.46. The van der Waals surface area contributed by atoms with Crippen molar-refractivity contribution in [2.75, 3.05) is 11.9 Å². The monoisotopic (exact) mass is 412 g/mol. The Labute approximate surface area is 175 Å². The molecule has 3 rings (SSSR count). The third-order valence-electron chi connectivity index (χ3n) is 4.51. The smallest absolute Gasteiger partial charge is 0.291 e. The molecule has 0 radical (unpaired) electrons. The molecule has 0 aliphatic rings. The first-order chi connectivity index (χ1) is 14.3. The van der Waals surface area contributed by atoms with Crippen LogP contribution in [-0.4, -0.2) is 37.9 Å². The number of aryl methyl sites for hydroxylation is 3. The molecule has 160 valence electrons. The Balaban J connectivity index is 1.73. The van der Waals surface area contributed by atoms with Gasteiger partial charge in [-0.2, -0.15) is 10.2 Å². The Kier molecular flexibility index (Phi) is 6.39. The molecule has 3 aromatic heterocycles. The Hall–Kier alpha value is -3.36. The van der Waals surface area contributed by atoms with Gasteiger partial charge in [-0.1, -0.05) is 13.8 Å². The summed E-state index contributed by atoms with van der Waals surface area (Å²) in [6.45, 7) is 11.4. The lowest BCUT2D eigenvalue weighted by atomic mass is 10.2. The highest BCUT2D eigenvalue weighted by molar-refractivity contribution is 6.07. The molecule has 0 aliphatic heterocycles. The van der Waals surface area contributed by atoms with Crippen molar-refractivity contribution in [3.05, 3.63) is 53.0 Å². The van der Waals surface area contributed by atoms with Gasteiger partial charge in [0, 0.05) is 25.0 Å². The molecule has 0 fully saturated rings. The molecule has 0 aromatic carbocycles. The summed E-state index contributed by atoms with van der Waals surface area (Å²) in [5, 5.41) is 14.2. The second kappa shape index (κ2) is 8.98. The lowest BCUT2D eigenvalue weighted by molar-refractivity contribution is 0.0944. The van der Waals surface area contributed by atoms with E-state index < -0.39 is 5.91 Å². The molecule has 0 saturated carbocycles. The zero-order chi connectivity index (χ0) is 21.8. The molecule has 0 saturated heterocycles. The minimum Gasteiger partial charge on any atom is -0.454 e. The Morgan fingerprint density at radius 3 is 2.57 bits per heavy atom. The predicted octanol–water partition coefficient (Wildman–Crippen LogP) is 3.00. The first-order valence-corrected chi connectivity index (χ1v) is 10.0. The van der Waals surface area contributed by atoms with E-state index >= 15 is 0 Å². The van der Waals surface area contributed by atoms with E-state index in [0.29, 0.717) is 37.0 Å². The van der Waals surface area contributed by atoms with Crippen LogP contribution < -0.4 is 10.6 Å². The number of aromatic nitrogens is 4. The van der Waals surface area contributed by atoms with Crippen molar-refractivity contribution in [2.24, 2.45) is 5.92 Å². The maximum absolute atomic E-state index is 12.7. The van der Waals surface area contributed by atoms with Crippen LogP contribution >= 0.6 is 0 Å². The number of hydrogen-bond acceptors (Lipinski definition) is 5. The molecular formula is C21H28N6O3. The van der Waals surface area contributed by atoms with Crippen LogP contribution in [0.15, 0.2) is 28.8 Å². The molecular weight excluding hydrogens is 384 g/mol. The van der Waals surface area contributed by atoms with Crippen LogP contribution in [0, 0.1) is 19.8 Å². The van der Waals surface area contributed by atoms with Gasteiger partial charge < -0.3 is 15.1 Å². The molecule has 3 heterocycles. The van der Waals surface area contributed by atoms with Crippen LogP contribution in [0.2, 0.25) is 0 Å². The Morgan fingerprint density at radius 2 is 1.93 bits per heavy atom. The van der Waals surface area contributed by atoms with E-state index in [2.05, 4.69) is 20.8 Å². The molecule has 30 heavy (non-hydrogen) atoms. The van der Waals surface area contributed by atoms with Gasteiger partial charge in [-0.05, 0) is 44.9 Å². The largest absolute Gasteiger partial charge is 0.454 e. The summed E-state index contributed by atoms with van der Waals surface area (Å²) in [6, 6.07) is 5.34. The van der Waals surface area contributed by atoms with E-state index in [-0.39, 0.29) is 17.4 Å². The van der Waals surface area contributed by atoms with E-state index in [1.54, 1.807) is 23.0 Å². The van der Waals surface area contributed by atoms with Gasteiger partial charge in [0.15, 0.2) is 11.5 Å². The quantitative estimate of drug-likeness (QED) is 0.591. The van der Waals surface area contributed by atoms with Crippen molar-refractivity contribution in [1.82, 2.24) is 24.9 Å². The van der Waals surface area contributed by atoms with E-state index in [9.17, 15) is 9.59 Å². The Bertz CT molecular complexity index is 1040. The normalized spacial score (nSPS) is 11.1. The number of amides is 2. The molecule has 9 heteroatoms. The number of nitrogens with one attached hydrogen (secondary N) is 2. The second-order valence-corrected chi connectivity index (χ2v) is 7.66. The van der Waals surface area contributed by atoms with Gasteiger partial charge in [0.05, 0.1) is 17.9 Å². The van der Waals surface area contributed by atoms with Crippen LogP contribution in [0.4, 0.5) is 5.69 Å². The van der Waals surface area contributed by atoms with Crippen molar-refractivity contribution in [2.45, 2.75) is 47.7 Å². The molecule has 0 spiro atoms. The zero-order valence-electron chi connectivity index (χ0n) is 18.0. The number of anilines is 1. The lowest BCUT2D eigenvalue weighted by Gasteiger charge is -2.07. The highest BCUT2D eigenvalue weighted by Crippen LogP contribution is 2.17. The van der Waals surface area contributed by atoms with Gasteiger partial charge in [-0.15, -0.1) is 0 Å². The summed E-state index contributed by atoms with van der Waals surface area (Å²) in [5.74, 6) is 0.317. The Morgan fingerprint density at radius 1 is 1.17 bits per heavy atom. The highest BCUT2D eigenvalue weighted by atomic mass is 16.4. The number of carbonyl (C=O) groups is 2. The number of hydrogen-bond donors (Lipinski definition) is 2. The fraction of sp³-hybridized carbons (Fsp3) is 0.429. The van der Waals surface area contributed by atoms with Gasteiger partial charge in [0.1, 0.15) is 5.76 Å². The predicted molar refractivity (Wildman–Crippen MR) is 113 cm³/mol. The summed E-state index contributed by atoms with van der Waals surface area (Å²) >= 11 is 0. The molecule has 2 amide bonds. The third-order valence-corrected chi connectivity index (χ3v) is 4.51. The van der Waals surface area contributed by atoms with E-state index in [1.165, 1.54) is 0 Å². The molecule has 0 aliphatic carbocycles. The van der Waals surface area contributed by atoms with Gasteiger partial charge in [-0.25, -0.2) is 0 Å². The number of nitrogens with zero attached hydrogens (tertiary/aromatic N) is 4. The van der Waals surface area contributed by atoms with Crippen molar-refractivity contribution in [3.8, 4) is 0 Å². The fourth-order valence-corrected chi connectivity index (χ4v) is 2.97. The van der Waals surface area contributed by atoms with E-state index in [1.807, 2.05) is 45.4 Å². The standard InChI is InChI=1S/C21H28N6O3/c1-6-26-12-17(19(25-26)21(29)22-10-13(2)3)23-20(28)18-8-7-16(30-18)11-27-15(5)9-14(4)24-27/h7-9,12-13H,6,10-11H2,1-5H3,(H,22,29)(H,23,28). The van der Waals surface area contributed by atoms with Crippen molar-refractivity contribution >= 4 is 17.5 Å². The van der Waals surface area contributed by atoms with Gasteiger partial charge >= 0.3 is 0 Å². The first kappa shape index (κ1) is 21.4. The zero-order valence-corrected chi connectivity index (χ0v) is 18.0. The highest BCUT2D eigenvalue weighted by Gasteiger charge is 2.21. The van der Waals surface area contributed by atoms with E-state index in [0.717, 1.165) is 11.4 Å². The van der Waals surface area contributed by atoms with Crippen LogP contribution in [0.1, 0.15) is 59.0 Å². The molecule has 0 unspecified atom stereocenters. The van der Waals surface area contributed by atoms with Gasteiger partial charge in [0.25, 0.3) is 11.8 Å². The van der Waals surface area contributed by atoms with Crippen molar-refractivity contribution in [1.29, 1.82) is 0 Å². The van der Waals surface area contributed by atoms with E-state index in [4.69, 9.17) is 4.42 Å². The summed E-state index contributed by atoms with van der Waals surface area (Å²) in [7, 11) is 0. The summed E-state index contributed by atoms with van der Waals surface area (Å²) in [4.78, 5) is 25.2. The summed E-state index contributed by atoms with van der Waals surface area (Å²) in [6.07, 6.45) is 1.64. The van der Waals surface area contributed by atoms with Crippen molar-refractivity contribution in [3.63, 3.8) is 0 Å². The van der Waals surface area contributed by atoms with Gasteiger partial charge in [-0.3, -0.25) is 19.0 Å². The molecule has 3 aromatic rings. The minimum atomic E-state index is -0.441. The first-order valence-electron chi connectivity index (χ1n) is 10.0. The SMILES string of the molecule is CCn1cc(NC(=O)c2ccc(Cn3nc(C)cc3C)o2)c(C(=O)NCC(C)C)n1. The lowest BCUT2D eigenvalue weighted by Crippen LogP contribution is -2.28. The maximum Gasteiger partial charge on any atom is 0.291 e. The number of furan rings is 1. The topological polar surface area (TPSA) is 107 Å². The number of carbonyl (C=O) groups excluding carboxylic acids is 2. The fourth-order valence-electron chi connectivity index (χ4n) is 2.97. The molecule has 0 bridgehead atoms. The third kappa shape index (κ3) is 4.97. The average molecular weight is 412 g/mol. The van der Waals surface area contributed by atoms with Gasteiger partial charge in [0.2, 0.25) is 0 Å². The number of rotatable bonds is 8. The molecule has 2 N–H and O–H groups in total. The second-order valence-electron chi connectivity index (χ2n) is 7.66. The van der Waals surface area contributed by atoms with Crippen LogP contribution in [0.25, 0.3) is 0 Å². The maximum atomic E-state index is 12.7. The van der Waals surface area contributed by atoms with Crippen LogP contribution in [0.3, 0.4) is 0 Å². The van der Waals surface area contributed by atoms with Crippen molar-refractivity contribution < 1.29 is 14.0 Å². The summed E-state index contributed by atoms with van der Waals surface area (Å²) < 4.78 is 9.12. The molecule has 0 atom stereocenters. The van der Waals surface area contributed by atoms with Crippen LogP contribution in [-0.2, 0) is 13.1 Å². The average Bonchev–Trinajstić information content (AvgIpc) is 3.39.